The molecule has 0 fully saturated rings. The molecule has 0 atom stereocenters. The van der Waals surface area contributed by atoms with Crippen LogP contribution in [0.4, 0.5) is 5.95 Å². The molecule has 6 nitrogen and oxygen atoms in total. The summed E-state index contributed by atoms with van der Waals surface area (Å²) in [7, 11) is 0. The molecule has 21 heavy (non-hydrogen) atoms. The van der Waals surface area contributed by atoms with Crippen molar-refractivity contribution in [1.29, 1.82) is 0 Å². The number of fused-ring (bicyclic) bond motifs is 1. The lowest BCUT2D eigenvalue weighted by atomic mass is 10.1. The number of nitrogen functional groups attached to an aromatic ring is 1. The molecule has 0 amide bonds. The van der Waals surface area contributed by atoms with Crippen molar-refractivity contribution in [3.05, 3.63) is 11.5 Å². The van der Waals surface area contributed by atoms with Crippen LogP contribution in [-0.2, 0) is 0 Å². The molecule has 0 aliphatic heterocycles. The highest BCUT2D eigenvalue weighted by molar-refractivity contribution is 6.33. The third-order valence-electron chi connectivity index (χ3n) is 3.38. The second-order valence-corrected chi connectivity index (χ2v) is 5.43. The van der Waals surface area contributed by atoms with E-state index in [1.165, 1.54) is 36.6 Å². The minimum atomic E-state index is -0.0397. The summed E-state index contributed by atoms with van der Waals surface area (Å²) < 4.78 is 1.41. The highest BCUT2D eigenvalue weighted by atomic mass is 35.5. The quantitative estimate of drug-likeness (QED) is 0.625. The van der Waals surface area contributed by atoms with Gasteiger partial charge in [0.05, 0.1) is 0 Å². The maximum atomic E-state index is 12.2. The summed E-state index contributed by atoms with van der Waals surface area (Å²) in [6.45, 7) is 2.19. The van der Waals surface area contributed by atoms with E-state index in [-0.39, 0.29) is 17.0 Å². The number of hydrogen-bond donors (Lipinski definition) is 1. The third kappa shape index (κ3) is 3.91. The molecule has 0 saturated heterocycles. The molecule has 0 bridgehead atoms. The smallest absolute Gasteiger partial charge is 0.233 e. The highest BCUT2D eigenvalue weighted by Gasteiger charge is 2.14. The maximum absolute atomic E-state index is 12.2. The Morgan fingerprint density at radius 1 is 1.24 bits per heavy atom. The van der Waals surface area contributed by atoms with E-state index in [9.17, 15) is 4.79 Å². The molecule has 0 saturated carbocycles. The van der Waals surface area contributed by atoms with Crippen molar-refractivity contribution in [2.75, 3.05) is 5.73 Å². The number of rotatable bonds is 7. The molecule has 0 aliphatic carbocycles. The number of anilines is 1. The topological polar surface area (TPSA) is 86.7 Å². The van der Waals surface area contributed by atoms with Crippen LogP contribution in [0.3, 0.4) is 0 Å². The lowest BCUT2D eigenvalue weighted by molar-refractivity contribution is 0.0903. The van der Waals surface area contributed by atoms with Gasteiger partial charge in [0.1, 0.15) is 11.8 Å². The van der Waals surface area contributed by atoms with Crippen LogP contribution in [0.25, 0.3) is 11.2 Å². The van der Waals surface area contributed by atoms with Crippen LogP contribution in [0.5, 0.6) is 0 Å². The van der Waals surface area contributed by atoms with Crippen LogP contribution in [0.1, 0.15) is 56.7 Å². The van der Waals surface area contributed by atoms with E-state index in [0.29, 0.717) is 17.6 Å². The fourth-order valence-electron chi connectivity index (χ4n) is 2.24. The first-order valence-electron chi connectivity index (χ1n) is 7.32. The van der Waals surface area contributed by atoms with Crippen LogP contribution in [0, 0.1) is 0 Å². The molecule has 2 heterocycles. The molecular formula is C14H20ClN5O. The first kappa shape index (κ1) is 15.7. The van der Waals surface area contributed by atoms with Gasteiger partial charge in [0.15, 0.2) is 10.8 Å². The average Bonchev–Trinajstić information content (AvgIpc) is 2.86. The van der Waals surface area contributed by atoms with E-state index in [0.717, 1.165) is 12.8 Å². The van der Waals surface area contributed by atoms with E-state index >= 15 is 0 Å². The zero-order valence-electron chi connectivity index (χ0n) is 12.2. The zero-order chi connectivity index (χ0) is 15.2. The van der Waals surface area contributed by atoms with Gasteiger partial charge in [-0.05, 0) is 6.42 Å². The number of unbranched alkanes of at least 4 members (excludes halogenated alkanes) is 5. The standard InChI is InChI=1S/C14H20ClN5O/c1-2-3-4-5-6-7-8-10(21)20-9-17-11-12(15)18-14(16)19-13(11)20/h9H,2-8H2,1H3,(H2,16,18,19). The second-order valence-electron chi connectivity index (χ2n) is 5.07. The van der Waals surface area contributed by atoms with E-state index < -0.39 is 0 Å². The van der Waals surface area contributed by atoms with Crippen LogP contribution < -0.4 is 5.73 Å². The van der Waals surface area contributed by atoms with Gasteiger partial charge in [-0.2, -0.15) is 9.97 Å². The molecule has 0 aromatic carbocycles. The monoisotopic (exact) mass is 309 g/mol. The Bertz CT molecular complexity index is 625. The average molecular weight is 310 g/mol. The van der Waals surface area contributed by atoms with Gasteiger partial charge in [-0.1, -0.05) is 50.6 Å². The number of hydrogen-bond acceptors (Lipinski definition) is 5. The van der Waals surface area contributed by atoms with Crippen LogP contribution in [-0.4, -0.2) is 25.4 Å². The minimum Gasteiger partial charge on any atom is -0.368 e. The Labute approximate surface area is 128 Å². The largest absolute Gasteiger partial charge is 0.368 e. The normalized spacial score (nSPS) is 11.1. The number of carbonyl (C=O) groups is 1. The van der Waals surface area contributed by atoms with Gasteiger partial charge in [0, 0.05) is 6.42 Å². The molecule has 0 unspecified atom stereocenters. The van der Waals surface area contributed by atoms with E-state index in [1.54, 1.807) is 0 Å². The first-order chi connectivity index (χ1) is 10.1. The number of nitrogens with two attached hydrogens (primary N) is 1. The molecule has 2 rings (SSSR count). The Morgan fingerprint density at radius 2 is 1.95 bits per heavy atom. The summed E-state index contributed by atoms with van der Waals surface area (Å²) >= 11 is 5.94. The Kier molecular flexibility index (Phi) is 5.50. The van der Waals surface area contributed by atoms with Gasteiger partial charge in [-0.25, -0.2) is 4.98 Å². The van der Waals surface area contributed by atoms with Crippen molar-refractivity contribution in [2.45, 2.75) is 51.9 Å². The molecule has 2 aromatic rings. The van der Waals surface area contributed by atoms with Crippen molar-refractivity contribution in [3.8, 4) is 0 Å². The summed E-state index contributed by atoms with van der Waals surface area (Å²) in [6.07, 6.45) is 8.73. The van der Waals surface area contributed by atoms with Crippen LogP contribution in [0.2, 0.25) is 5.15 Å². The van der Waals surface area contributed by atoms with E-state index in [1.807, 2.05) is 0 Å². The third-order valence-corrected chi connectivity index (χ3v) is 3.65. The second kappa shape index (κ2) is 7.36. The fourth-order valence-corrected chi connectivity index (χ4v) is 2.46. The van der Waals surface area contributed by atoms with Gasteiger partial charge in [-0.3, -0.25) is 9.36 Å². The Hall–Kier alpha value is -1.69. The lowest BCUT2D eigenvalue weighted by Gasteiger charge is -2.03. The Balaban J connectivity index is 1.97. The molecule has 2 N–H and O–H groups in total. The number of aromatic nitrogens is 4. The lowest BCUT2D eigenvalue weighted by Crippen LogP contribution is -2.10. The molecule has 114 valence electrons. The highest BCUT2D eigenvalue weighted by Crippen LogP contribution is 2.20. The molecule has 2 aromatic heterocycles. The van der Waals surface area contributed by atoms with Crippen LogP contribution in [0.15, 0.2) is 6.33 Å². The van der Waals surface area contributed by atoms with E-state index in [2.05, 4.69) is 21.9 Å². The van der Waals surface area contributed by atoms with Gasteiger partial charge in [0.25, 0.3) is 0 Å². The van der Waals surface area contributed by atoms with Crippen molar-refractivity contribution in [3.63, 3.8) is 0 Å². The van der Waals surface area contributed by atoms with Crippen molar-refractivity contribution in [2.24, 2.45) is 0 Å². The summed E-state index contributed by atoms with van der Waals surface area (Å²) in [5.41, 5.74) is 6.35. The molecule has 7 heteroatoms. The van der Waals surface area contributed by atoms with Crippen molar-refractivity contribution in [1.82, 2.24) is 19.5 Å². The summed E-state index contributed by atoms with van der Waals surface area (Å²) in [5.74, 6) is 0.00349. The molecule has 0 aliphatic rings. The minimum absolute atomic E-state index is 0.0397. The number of imidazole rings is 1. The Morgan fingerprint density at radius 3 is 2.71 bits per heavy atom. The predicted molar refractivity (Wildman–Crippen MR) is 83.4 cm³/mol. The number of halogens is 1. The summed E-state index contributed by atoms with van der Waals surface area (Å²) in [6, 6.07) is 0. The summed E-state index contributed by atoms with van der Waals surface area (Å²) in [5, 5.41) is 0.170. The fraction of sp³-hybridized carbons (Fsp3) is 0.571. The van der Waals surface area contributed by atoms with Gasteiger partial charge < -0.3 is 5.73 Å². The van der Waals surface area contributed by atoms with Gasteiger partial charge in [0.2, 0.25) is 11.9 Å². The van der Waals surface area contributed by atoms with Gasteiger partial charge in [-0.15, -0.1) is 0 Å². The van der Waals surface area contributed by atoms with Crippen LogP contribution >= 0.6 is 11.6 Å². The first-order valence-corrected chi connectivity index (χ1v) is 7.70. The zero-order valence-corrected chi connectivity index (χ0v) is 12.9. The van der Waals surface area contributed by atoms with E-state index in [4.69, 9.17) is 17.3 Å². The van der Waals surface area contributed by atoms with Crippen molar-refractivity contribution >= 4 is 34.6 Å². The molecule has 0 radical (unpaired) electrons. The number of carbonyl (C=O) groups excluding carboxylic acids is 1. The molecule has 0 spiro atoms. The van der Waals surface area contributed by atoms with Crippen molar-refractivity contribution < 1.29 is 4.79 Å². The maximum Gasteiger partial charge on any atom is 0.233 e. The molecular weight excluding hydrogens is 290 g/mol. The number of nitrogens with zero attached hydrogens (tertiary/aromatic N) is 4. The predicted octanol–water partition coefficient (Wildman–Crippen LogP) is 3.45. The summed E-state index contributed by atoms with van der Waals surface area (Å²) in [4.78, 5) is 24.2. The SMILES string of the molecule is CCCCCCCCC(=O)n1cnc2c(Cl)nc(N)nc21. The van der Waals surface area contributed by atoms with Gasteiger partial charge >= 0.3 is 0 Å².